The first kappa shape index (κ1) is 19.5. The first-order valence-corrected chi connectivity index (χ1v) is 8.80. The molecule has 1 unspecified atom stereocenters. The molecule has 1 aromatic carbocycles. The molecule has 1 aliphatic rings. The van der Waals surface area contributed by atoms with Gasteiger partial charge < -0.3 is 20.1 Å². The summed E-state index contributed by atoms with van der Waals surface area (Å²) in [5, 5.41) is 13.4. The van der Waals surface area contributed by atoms with Crippen molar-refractivity contribution in [3.63, 3.8) is 0 Å². The number of guanidine groups is 1. The summed E-state index contributed by atoms with van der Waals surface area (Å²) < 4.78 is 18.3. The van der Waals surface area contributed by atoms with Gasteiger partial charge in [0.25, 0.3) is 0 Å². The van der Waals surface area contributed by atoms with Crippen molar-refractivity contribution in [1.29, 1.82) is 0 Å². The molecule has 0 aliphatic carbocycles. The van der Waals surface area contributed by atoms with Crippen molar-refractivity contribution in [2.45, 2.75) is 46.3 Å². The Labute approximate surface area is 149 Å². The van der Waals surface area contributed by atoms with Gasteiger partial charge >= 0.3 is 0 Å². The van der Waals surface area contributed by atoms with Crippen molar-refractivity contribution >= 4 is 5.96 Å². The fourth-order valence-electron chi connectivity index (χ4n) is 2.76. The van der Waals surface area contributed by atoms with Gasteiger partial charge in [0, 0.05) is 24.0 Å². The topological polar surface area (TPSA) is 57.1 Å². The average Bonchev–Trinajstić information content (AvgIpc) is 2.56. The molecule has 2 N–H and O–H groups in total. The molecule has 0 bridgehead atoms. The van der Waals surface area contributed by atoms with E-state index < -0.39 is 6.10 Å². The smallest absolute Gasteiger partial charge is 0.194 e. The maximum absolute atomic E-state index is 12.9. The largest absolute Gasteiger partial charge is 0.491 e. The van der Waals surface area contributed by atoms with Crippen LogP contribution in [0, 0.1) is 11.2 Å². The zero-order valence-corrected chi connectivity index (χ0v) is 15.8. The number of aliphatic hydroxyl groups excluding tert-OH is 1. The third kappa shape index (κ3) is 4.42. The summed E-state index contributed by atoms with van der Waals surface area (Å²) in [4.78, 5) is 6.80. The fraction of sp³-hybridized carbons (Fsp3) is 0.632. The second-order valence-corrected chi connectivity index (χ2v) is 7.64. The van der Waals surface area contributed by atoms with Crippen LogP contribution < -0.4 is 10.1 Å². The Kier molecular flexibility index (Phi) is 5.93. The number of likely N-dealkylation sites (tertiary alicyclic amines) is 1. The van der Waals surface area contributed by atoms with Crippen LogP contribution in [-0.4, -0.2) is 53.9 Å². The lowest BCUT2D eigenvalue weighted by molar-refractivity contribution is -0.0669. The number of halogens is 1. The maximum atomic E-state index is 12.9. The minimum Gasteiger partial charge on any atom is -0.491 e. The monoisotopic (exact) mass is 351 g/mol. The van der Waals surface area contributed by atoms with Gasteiger partial charge in [-0.1, -0.05) is 13.8 Å². The third-order valence-corrected chi connectivity index (χ3v) is 5.18. The Hall–Kier alpha value is -1.82. The summed E-state index contributed by atoms with van der Waals surface area (Å²) in [5.41, 5.74) is 0.219. The highest BCUT2D eigenvalue weighted by Crippen LogP contribution is 2.46. The van der Waals surface area contributed by atoms with Gasteiger partial charge in [-0.15, -0.1) is 0 Å². The van der Waals surface area contributed by atoms with Gasteiger partial charge in [0.2, 0.25) is 0 Å². The molecule has 0 amide bonds. The number of hydrogen-bond acceptors (Lipinski definition) is 3. The van der Waals surface area contributed by atoms with Crippen LogP contribution in [0.1, 0.15) is 34.6 Å². The Morgan fingerprint density at radius 3 is 2.48 bits per heavy atom. The van der Waals surface area contributed by atoms with Crippen LogP contribution in [0.25, 0.3) is 0 Å². The molecule has 1 atom stereocenters. The SMILES string of the molecule is CCNC(=NCC(O)COc1ccc(F)cc1)N1CC(C)(C)C1(C)C. The van der Waals surface area contributed by atoms with Crippen LogP contribution in [0.3, 0.4) is 0 Å². The predicted octanol–water partition coefficient (Wildman–Crippen LogP) is 2.65. The van der Waals surface area contributed by atoms with E-state index in [0.717, 1.165) is 19.0 Å². The zero-order valence-electron chi connectivity index (χ0n) is 15.8. The van der Waals surface area contributed by atoms with Crippen LogP contribution in [0.2, 0.25) is 0 Å². The van der Waals surface area contributed by atoms with Gasteiger partial charge in [-0.2, -0.15) is 0 Å². The normalized spacial score (nSPS) is 20.0. The summed E-state index contributed by atoms with van der Waals surface area (Å²) >= 11 is 0. The van der Waals surface area contributed by atoms with Crippen molar-refractivity contribution in [2.24, 2.45) is 10.4 Å². The minimum atomic E-state index is -0.726. The van der Waals surface area contributed by atoms with E-state index in [0.29, 0.717) is 5.75 Å². The van der Waals surface area contributed by atoms with Crippen molar-refractivity contribution < 1.29 is 14.2 Å². The Morgan fingerprint density at radius 2 is 1.96 bits per heavy atom. The quantitative estimate of drug-likeness (QED) is 0.611. The van der Waals surface area contributed by atoms with E-state index in [1.54, 1.807) is 12.1 Å². The van der Waals surface area contributed by atoms with E-state index in [1.165, 1.54) is 12.1 Å². The molecular formula is C19H30FN3O2. The van der Waals surface area contributed by atoms with Gasteiger partial charge in [-0.25, -0.2) is 4.39 Å². The fourth-order valence-corrected chi connectivity index (χ4v) is 2.76. The summed E-state index contributed by atoms with van der Waals surface area (Å²) in [5.74, 6) is 1.03. The highest BCUT2D eigenvalue weighted by molar-refractivity contribution is 5.82. The molecule has 0 aromatic heterocycles. The molecule has 1 saturated heterocycles. The lowest BCUT2D eigenvalue weighted by Crippen LogP contribution is -2.72. The summed E-state index contributed by atoms with van der Waals surface area (Å²) in [7, 11) is 0. The zero-order chi connectivity index (χ0) is 18.7. The number of nitrogens with one attached hydrogen (secondary N) is 1. The van der Waals surface area contributed by atoms with Crippen LogP contribution in [0.15, 0.2) is 29.3 Å². The van der Waals surface area contributed by atoms with E-state index in [4.69, 9.17) is 4.74 Å². The molecule has 1 fully saturated rings. The van der Waals surface area contributed by atoms with Gasteiger partial charge in [0.1, 0.15) is 24.3 Å². The van der Waals surface area contributed by atoms with Gasteiger partial charge in [-0.3, -0.25) is 4.99 Å². The highest BCUT2D eigenvalue weighted by atomic mass is 19.1. The maximum Gasteiger partial charge on any atom is 0.194 e. The van der Waals surface area contributed by atoms with Crippen LogP contribution in [-0.2, 0) is 0 Å². The molecule has 140 valence electrons. The van der Waals surface area contributed by atoms with Crippen LogP contribution >= 0.6 is 0 Å². The number of aliphatic hydroxyl groups is 1. The molecule has 5 nitrogen and oxygen atoms in total. The number of nitrogens with zero attached hydrogens (tertiary/aromatic N) is 2. The second-order valence-electron chi connectivity index (χ2n) is 7.64. The molecule has 0 radical (unpaired) electrons. The van der Waals surface area contributed by atoms with Gasteiger partial charge in [0.05, 0.1) is 6.54 Å². The molecule has 0 spiro atoms. The first-order chi connectivity index (χ1) is 11.7. The lowest BCUT2D eigenvalue weighted by Gasteiger charge is -2.62. The molecule has 1 aromatic rings. The second kappa shape index (κ2) is 7.60. The molecule has 6 heteroatoms. The van der Waals surface area contributed by atoms with E-state index in [2.05, 4.69) is 42.9 Å². The average molecular weight is 351 g/mol. The molecular weight excluding hydrogens is 321 g/mol. The Bertz CT molecular complexity index is 599. The summed E-state index contributed by atoms with van der Waals surface area (Å²) in [6, 6.07) is 5.74. The van der Waals surface area contributed by atoms with Crippen molar-refractivity contribution in [3.05, 3.63) is 30.1 Å². The molecule has 2 rings (SSSR count). The number of aliphatic imine (C=N–C) groups is 1. The number of hydrogen-bond donors (Lipinski definition) is 2. The first-order valence-electron chi connectivity index (χ1n) is 8.80. The van der Waals surface area contributed by atoms with Crippen molar-refractivity contribution in [3.8, 4) is 5.75 Å². The van der Waals surface area contributed by atoms with Gasteiger partial charge in [-0.05, 0) is 45.0 Å². The van der Waals surface area contributed by atoms with E-state index in [1.807, 2.05) is 6.92 Å². The van der Waals surface area contributed by atoms with E-state index in [-0.39, 0.29) is 29.9 Å². The summed E-state index contributed by atoms with van der Waals surface area (Å²) in [6.45, 7) is 13.0. The minimum absolute atomic E-state index is 0.00354. The molecule has 1 aliphatic heterocycles. The standard InChI is InChI=1S/C19H30FN3O2/c1-6-21-17(23-13-18(2,3)19(23,4)5)22-11-15(24)12-25-16-9-7-14(20)8-10-16/h7-10,15,24H,6,11-13H2,1-5H3,(H,21,22). The summed E-state index contributed by atoms with van der Waals surface area (Å²) in [6.07, 6.45) is -0.726. The van der Waals surface area contributed by atoms with Crippen LogP contribution in [0.5, 0.6) is 5.75 Å². The van der Waals surface area contributed by atoms with Crippen molar-refractivity contribution in [2.75, 3.05) is 26.2 Å². The number of rotatable bonds is 6. The van der Waals surface area contributed by atoms with E-state index in [9.17, 15) is 9.50 Å². The van der Waals surface area contributed by atoms with E-state index >= 15 is 0 Å². The molecule has 25 heavy (non-hydrogen) atoms. The molecule has 1 heterocycles. The number of ether oxygens (including phenoxy) is 1. The number of benzene rings is 1. The third-order valence-electron chi connectivity index (χ3n) is 5.18. The van der Waals surface area contributed by atoms with Gasteiger partial charge in [0.15, 0.2) is 5.96 Å². The van der Waals surface area contributed by atoms with Crippen LogP contribution in [0.4, 0.5) is 4.39 Å². The Balaban J connectivity index is 1.91. The van der Waals surface area contributed by atoms with Crippen molar-refractivity contribution in [1.82, 2.24) is 10.2 Å². The highest BCUT2D eigenvalue weighted by Gasteiger charge is 2.53. The predicted molar refractivity (Wildman–Crippen MR) is 98.4 cm³/mol. The Morgan fingerprint density at radius 1 is 1.32 bits per heavy atom. The molecule has 0 saturated carbocycles. The lowest BCUT2D eigenvalue weighted by atomic mass is 9.65.